The first-order valence-electron chi connectivity index (χ1n) is 6.98. The average Bonchev–Trinajstić information content (AvgIpc) is 2.54. The summed E-state index contributed by atoms with van der Waals surface area (Å²) in [6.07, 6.45) is -0.0315. The first kappa shape index (κ1) is 17.1. The van der Waals surface area contributed by atoms with Gasteiger partial charge in [0.05, 0.1) is 5.56 Å². The van der Waals surface area contributed by atoms with Crippen molar-refractivity contribution in [2.75, 3.05) is 0 Å². The summed E-state index contributed by atoms with van der Waals surface area (Å²) in [6.45, 7) is 0. The number of hydrogen-bond acceptors (Lipinski definition) is 3. The molecule has 0 bridgehead atoms. The summed E-state index contributed by atoms with van der Waals surface area (Å²) < 4.78 is 13.1. The van der Waals surface area contributed by atoms with Crippen molar-refractivity contribution in [1.82, 2.24) is 5.32 Å². The van der Waals surface area contributed by atoms with Gasteiger partial charge < -0.3 is 15.5 Å². The molecule has 0 heterocycles. The summed E-state index contributed by atoms with van der Waals surface area (Å²) >= 11 is 0. The molecule has 0 aliphatic rings. The second kappa shape index (κ2) is 7.36. The Balaban J connectivity index is 2.10. The van der Waals surface area contributed by atoms with Gasteiger partial charge in [-0.05, 0) is 35.9 Å². The predicted octanol–water partition coefficient (Wildman–Crippen LogP) is 1.95. The molecule has 3 N–H and O–H groups in total. The number of nitrogens with one attached hydrogen (secondary N) is 1. The van der Waals surface area contributed by atoms with Crippen LogP contribution in [0.25, 0.3) is 0 Å². The van der Waals surface area contributed by atoms with Gasteiger partial charge in [-0.15, -0.1) is 0 Å². The number of amides is 1. The van der Waals surface area contributed by atoms with E-state index in [1.165, 1.54) is 42.5 Å². The fraction of sp³-hybridized carbons (Fsp3) is 0.118. The van der Waals surface area contributed by atoms with Crippen LogP contribution in [0.4, 0.5) is 4.39 Å². The lowest BCUT2D eigenvalue weighted by Crippen LogP contribution is -2.42. The van der Waals surface area contributed by atoms with E-state index in [2.05, 4.69) is 5.32 Å². The smallest absolute Gasteiger partial charge is 0.335 e. The van der Waals surface area contributed by atoms with Crippen molar-refractivity contribution in [3.63, 3.8) is 0 Å². The highest BCUT2D eigenvalue weighted by Gasteiger charge is 2.21. The molecular formula is C17H14FNO5. The van der Waals surface area contributed by atoms with Crippen LogP contribution in [0.15, 0.2) is 48.5 Å². The van der Waals surface area contributed by atoms with E-state index in [1.54, 1.807) is 0 Å². The topological polar surface area (TPSA) is 104 Å². The SMILES string of the molecule is O=C(O)c1ccc(C[C@@H](NC(=O)c2cccc(F)c2)C(=O)O)cc1. The third-order valence-corrected chi connectivity index (χ3v) is 3.33. The molecule has 0 spiro atoms. The minimum absolute atomic E-state index is 0.0162. The quantitative estimate of drug-likeness (QED) is 0.750. The zero-order valence-corrected chi connectivity index (χ0v) is 12.4. The number of hydrogen-bond donors (Lipinski definition) is 3. The lowest BCUT2D eigenvalue weighted by atomic mass is 10.0. The van der Waals surface area contributed by atoms with Gasteiger partial charge in [0.1, 0.15) is 11.9 Å². The van der Waals surface area contributed by atoms with Crippen molar-refractivity contribution < 1.29 is 29.0 Å². The predicted molar refractivity (Wildman–Crippen MR) is 82.4 cm³/mol. The fourth-order valence-corrected chi connectivity index (χ4v) is 2.09. The van der Waals surface area contributed by atoms with E-state index in [1.807, 2.05) is 0 Å². The molecule has 1 atom stereocenters. The van der Waals surface area contributed by atoms with Crippen LogP contribution in [0.5, 0.6) is 0 Å². The molecule has 0 fully saturated rings. The van der Waals surface area contributed by atoms with Crippen LogP contribution in [0, 0.1) is 5.82 Å². The average molecular weight is 331 g/mol. The minimum Gasteiger partial charge on any atom is -0.480 e. The molecule has 124 valence electrons. The molecule has 1 amide bonds. The summed E-state index contributed by atoms with van der Waals surface area (Å²) in [5.74, 6) is -3.64. The number of carboxylic acids is 2. The molecule has 2 aromatic rings. The van der Waals surface area contributed by atoms with Crippen LogP contribution >= 0.6 is 0 Å². The van der Waals surface area contributed by atoms with Gasteiger partial charge in [-0.1, -0.05) is 18.2 Å². The van der Waals surface area contributed by atoms with Crippen LogP contribution in [0.2, 0.25) is 0 Å². The van der Waals surface area contributed by atoms with Gasteiger partial charge in [0.25, 0.3) is 5.91 Å². The number of rotatable bonds is 6. The lowest BCUT2D eigenvalue weighted by Gasteiger charge is -2.15. The molecule has 2 rings (SSSR count). The first-order valence-corrected chi connectivity index (χ1v) is 6.98. The molecule has 0 radical (unpaired) electrons. The molecule has 0 aliphatic carbocycles. The zero-order chi connectivity index (χ0) is 17.7. The van der Waals surface area contributed by atoms with Crippen molar-refractivity contribution in [1.29, 1.82) is 0 Å². The number of halogens is 1. The highest BCUT2D eigenvalue weighted by molar-refractivity contribution is 5.96. The zero-order valence-electron chi connectivity index (χ0n) is 12.4. The second-order valence-electron chi connectivity index (χ2n) is 5.08. The molecule has 2 aromatic carbocycles. The van der Waals surface area contributed by atoms with Gasteiger partial charge >= 0.3 is 11.9 Å². The maximum Gasteiger partial charge on any atom is 0.335 e. The van der Waals surface area contributed by atoms with Gasteiger partial charge in [0.2, 0.25) is 0 Å². The Labute approximate surface area is 136 Å². The Morgan fingerprint density at radius 2 is 1.67 bits per heavy atom. The van der Waals surface area contributed by atoms with Gasteiger partial charge in [0.15, 0.2) is 0 Å². The van der Waals surface area contributed by atoms with Crippen LogP contribution in [0.3, 0.4) is 0 Å². The third kappa shape index (κ3) is 4.39. The van der Waals surface area contributed by atoms with E-state index in [4.69, 9.17) is 5.11 Å². The summed E-state index contributed by atoms with van der Waals surface area (Å²) in [5, 5.41) is 20.4. The number of carbonyl (C=O) groups excluding carboxylic acids is 1. The lowest BCUT2D eigenvalue weighted by molar-refractivity contribution is -0.139. The minimum atomic E-state index is -1.25. The number of benzene rings is 2. The fourth-order valence-electron chi connectivity index (χ4n) is 2.09. The summed E-state index contributed by atoms with van der Waals surface area (Å²) in [4.78, 5) is 34.1. The number of aromatic carboxylic acids is 1. The maximum atomic E-state index is 13.1. The van der Waals surface area contributed by atoms with Gasteiger partial charge in [-0.25, -0.2) is 14.0 Å². The number of carboxylic acid groups (broad SMARTS) is 2. The molecule has 24 heavy (non-hydrogen) atoms. The van der Waals surface area contributed by atoms with Crippen molar-refractivity contribution >= 4 is 17.8 Å². The van der Waals surface area contributed by atoms with Gasteiger partial charge in [0, 0.05) is 12.0 Å². The largest absolute Gasteiger partial charge is 0.480 e. The standard InChI is InChI=1S/C17H14FNO5/c18-13-3-1-2-12(9-13)15(20)19-14(17(23)24)8-10-4-6-11(7-5-10)16(21)22/h1-7,9,14H,8H2,(H,19,20)(H,21,22)(H,23,24)/t14-/m1/s1. The van der Waals surface area contributed by atoms with E-state index >= 15 is 0 Å². The maximum absolute atomic E-state index is 13.1. The highest BCUT2D eigenvalue weighted by atomic mass is 19.1. The van der Waals surface area contributed by atoms with Crippen LogP contribution in [0.1, 0.15) is 26.3 Å². The monoisotopic (exact) mass is 331 g/mol. The summed E-state index contributed by atoms with van der Waals surface area (Å²) in [5.41, 5.74) is 0.642. The van der Waals surface area contributed by atoms with E-state index in [0.29, 0.717) is 5.56 Å². The molecule has 0 aromatic heterocycles. The van der Waals surface area contributed by atoms with E-state index in [0.717, 1.165) is 6.07 Å². The van der Waals surface area contributed by atoms with E-state index in [-0.39, 0.29) is 17.5 Å². The van der Waals surface area contributed by atoms with Crippen molar-refractivity contribution in [3.05, 3.63) is 71.0 Å². The van der Waals surface area contributed by atoms with Crippen LogP contribution in [-0.2, 0) is 11.2 Å². The molecular weight excluding hydrogens is 317 g/mol. The Bertz CT molecular complexity index is 773. The van der Waals surface area contributed by atoms with Crippen molar-refractivity contribution in [2.45, 2.75) is 12.5 Å². The van der Waals surface area contributed by atoms with E-state index < -0.39 is 29.7 Å². The Morgan fingerprint density at radius 3 is 2.21 bits per heavy atom. The Morgan fingerprint density at radius 1 is 1.00 bits per heavy atom. The Kier molecular flexibility index (Phi) is 5.26. The van der Waals surface area contributed by atoms with E-state index in [9.17, 15) is 23.9 Å². The molecule has 0 unspecified atom stereocenters. The van der Waals surface area contributed by atoms with Crippen LogP contribution < -0.4 is 5.32 Å². The number of aliphatic carboxylic acids is 1. The summed E-state index contributed by atoms with van der Waals surface area (Å²) in [7, 11) is 0. The molecule has 7 heteroatoms. The number of carbonyl (C=O) groups is 3. The molecule has 0 saturated heterocycles. The first-order chi connectivity index (χ1) is 11.4. The molecule has 0 aliphatic heterocycles. The summed E-state index contributed by atoms with van der Waals surface area (Å²) in [6, 6.07) is 9.35. The normalized spacial score (nSPS) is 11.5. The third-order valence-electron chi connectivity index (χ3n) is 3.33. The Hall–Kier alpha value is -3.22. The van der Waals surface area contributed by atoms with Crippen LogP contribution in [-0.4, -0.2) is 34.1 Å². The second-order valence-corrected chi connectivity index (χ2v) is 5.08. The van der Waals surface area contributed by atoms with Crippen molar-refractivity contribution in [3.8, 4) is 0 Å². The van der Waals surface area contributed by atoms with Crippen molar-refractivity contribution in [2.24, 2.45) is 0 Å². The van der Waals surface area contributed by atoms with Gasteiger partial charge in [-0.2, -0.15) is 0 Å². The molecule has 6 nitrogen and oxygen atoms in total. The van der Waals surface area contributed by atoms with Gasteiger partial charge in [-0.3, -0.25) is 4.79 Å². The highest BCUT2D eigenvalue weighted by Crippen LogP contribution is 2.09. The molecule has 0 saturated carbocycles.